The van der Waals surface area contributed by atoms with E-state index >= 15 is 0 Å². The topological polar surface area (TPSA) is 3.24 Å². The molecule has 0 amide bonds. The Morgan fingerprint density at radius 2 is 1.78 bits per heavy atom. The van der Waals surface area contributed by atoms with Crippen LogP contribution in [0.1, 0.15) is 50.7 Å². The monoisotopic (exact) mass is 265 g/mol. The standard InChI is InChI=1S/C16H27NS/c1-5-7-11-15(6-2)12-17(18)16-13(3)9-8-10-14(16)4/h8-10,15,18H,5-7,11-12H2,1-4H3. The lowest BCUT2D eigenvalue weighted by Gasteiger charge is -2.26. The van der Waals surface area contributed by atoms with Gasteiger partial charge in [0.25, 0.3) is 0 Å². The van der Waals surface area contributed by atoms with Crippen LogP contribution >= 0.6 is 12.8 Å². The predicted octanol–water partition coefficient (Wildman–Crippen LogP) is 5.17. The highest BCUT2D eigenvalue weighted by Crippen LogP contribution is 2.28. The van der Waals surface area contributed by atoms with E-state index in [-0.39, 0.29) is 0 Å². The molecule has 1 rings (SSSR count). The maximum absolute atomic E-state index is 4.71. The third-order valence-corrected chi connectivity index (χ3v) is 4.04. The molecule has 0 bridgehead atoms. The van der Waals surface area contributed by atoms with Crippen molar-refractivity contribution in [3.8, 4) is 0 Å². The highest BCUT2D eigenvalue weighted by atomic mass is 32.1. The SMILES string of the molecule is CCCCC(CC)CN(S)c1c(C)cccc1C. The first-order chi connectivity index (χ1) is 8.60. The van der Waals surface area contributed by atoms with Gasteiger partial charge in [0.2, 0.25) is 0 Å². The van der Waals surface area contributed by atoms with Crippen LogP contribution in [0, 0.1) is 19.8 Å². The smallest absolute Gasteiger partial charge is 0.0525 e. The van der Waals surface area contributed by atoms with E-state index in [9.17, 15) is 0 Å². The number of benzene rings is 1. The molecule has 1 nitrogen and oxygen atoms in total. The molecule has 0 aromatic heterocycles. The fraction of sp³-hybridized carbons (Fsp3) is 0.625. The number of nitrogens with zero attached hydrogens (tertiary/aromatic N) is 1. The van der Waals surface area contributed by atoms with Gasteiger partial charge in [-0.05, 0) is 37.3 Å². The van der Waals surface area contributed by atoms with Gasteiger partial charge in [-0.15, -0.1) is 0 Å². The molecule has 1 unspecified atom stereocenters. The van der Waals surface area contributed by atoms with Crippen LogP contribution in [0.3, 0.4) is 0 Å². The van der Waals surface area contributed by atoms with Gasteiger partial charge in [-0.1, -0.05) is 64.1 Å². The van der Waals surface area contributed by atoms with Gasteiger partial charge in [-0.2, -0.15) is 0 Å². The molecular weight excluding hydrogens is 238 g/mol. The van der Waals surface area contributed by atoms with E-state index in [1.807, 2.05) is 0 Å². The number of hydrogen-bond acceptors (Lipinski definition) is 2. The minimum Gasteiger partial charge on any atom is -0.318 e. The summed E-state index contributed by atoms with van der Waals surface area (Å²) in [7, 11) is 0. The molecule has 0 fully saturated rings. The van der Waals surface area contributed by atoms with E-state index < -0.39 is 0 Å². The summed E-state index contributed by atoms with van der Waals surface area (Å²) in [5.74, 6) is 0.751. The summed E-state index contributed by atoms with van der Waals surface area (Å²) in [5.41, 5.74) is 3.92. The van der Waals surface area contributed by atoms with Crippen molar-refractivity contribution in [3.63, 3.8) is 0 Å². The molecule has 0 N–H and O–H groups in total. The van der Waals surface area contributed by atoms with Gasteiger partial charge in [0.1, 0.15) is 0 Å². The fourth-order valence-electron chi connectivity index (χ4n) is 2.47. The Labute approximate surface area is 118 Å². The van der Waals surface area contributed by atoms with Crippen LogP contribution in [-0.2, 0) is 0 Å². The van der Waals surface area contributed by atoms with Crippen LogP contribution < -0.4 is 4.31 Å². The molecule has 2 heteroatoms. The molecule has 18 heavy (non-hydrogen) atoms. The third kappa shape index (κ3) is 4.24. The second kappa shape index (κ2) is 7.73. The molecule has 0 radical (unpaired) electrons. The number of thiol groups is 1. The Morgan fingerprint density at radius 1 is 1.17 bits per heavy atom. The molecule has 0 saturated carbocycles. The Kier molecular flexibility index (Phi) is 6.62. The number of aryl methyl sites for hydroxylation is 2. The lowest BCUT2D eigenvalue weighted by atomic mass is 9.98. The van der Waals surface area contributed by atoms with Gasteiger partial charge < -0.3 is 4.31 Å². The van der Waals surface area contributed by atoms with Gasteiger partial charge in [0, 0.05) is 6.54 Å². The van der Waals surface area contributed by atoms with Crippen molar-refractivity contribution >= 4 is 18.5 Å². The predicted molar refractivity (Wildman–Crippen MR) is 85.6 cm³/mol. The Hall–Kier alpha value is -0.630. The molecule has 1 aromatic rings. The van der Waals surface area contributed by atoms with Crippen molar-refractivity contribution in [1.29, 1.82) is 0 Å². The number of para-hydroxylation sites is 1. The maximum atomic E-state index is 4.71. The highest BCUT2D eigenvalue weighted by molar-refractivity contribution is 7.81. The summed E-state index contributed by atoms with van der Waals surface area (Å²) in [5, 5.41) is 0. The summed E-state index contributed by atoms with van der Waals surface area (Å²) >= 11 is 4.71. The van der Waals surface area contributed by atoms with Crippen molar-refractivity contribution in [3.05, 3.63) is 29.3 Å². The summed E-state index contributed by atoms with van der Waals surface area (Å²) in [4.78, 5) is 0. The summed E-state index contributed by atoms with van der Waals surface area (Å²) in [6.07, 6.45) is 5.16. The number of hydrogen-bond donors (Lipinski definition) is 1. The molecule has 0 heterocycles. The molecule has 1 aromatic carbocycles. The zero-order valence-corrected chi connectivity index (χ0v) is 13.1. The Morgan fingerprint density at radius 3 is 2.28 bits per heavy atom. The van der Waals surface area contributed by atoms with E-state index in [0.29, 0.717) is 0 Å². The zero-order chi connectivity index (χ0) is 13.5. The summed E-state index contributed by atoms with van der Waals surface area (Å²) < 4.78 is 2.15. The second-order valence-electron chi connectivity index (χ2n) is 5.24. The first-order valence-corrected chi connectivity index (χ1v) is 7.52. The minimum atomic E-state index is 0.751. The Bertz CT molecular complexity index is 342. The zero-order valence-electron chi connectivity index (χ0n) is 12.2. The summed E-state index contributed by atoms with van der Waals surface area (Å²) in [6.45, 7) is 9.92. The molecule has 1 atom stereocenters. The van der Waals surface area contributed by atoms with Crippen molar-refractivity contribution < 1.29 is 0 Å². The molecule has 102 valence electrons. The van der Waals surface area contributed by atoms with E-state index in [2.05, 4.69) is 50.2 Å². The number of unbranched alkanes of at least 4 members (excludes halogenated alkanes) is 1. The first-order valence-electron chi connectivity index (χ1n) is 7.12. The van der Waals surface area contributed by atoms with Crippen LogP contribution in [0.4, 0.5) is 5.69 Å². The number of rotatable bonds is 7. The second-order valence-corrected chi connectivity index (χ2v) is 5.72. The lowest BCUT2D eigenvalue weighted by molar-refractivity contribution is 0.464. The maximum Gasteiger partial charge on any atom is 0.0525 e. The molecular formula is C16H27NS. The van der Waals surface area contributed by atoms with Crippen LogP contribution in [0.15, 0.2) is 18.2 Å². The highest BCUT2D eigenvalue weighted by Gasteiger charge is 2.13. The normalized spacial score (nSPS) is 12.5. The molecule has 0 aliphatic heterocycles. The van der Waals surface area contributed by atoms with Crippen molar-refractivity contribution in [1.82, 2.24) is 0 Å². The molecule has 0 saturated heterocycles. The molecule has 0 aliphatic rings. The average molecular weight is 265 g/mol. The van der Waals surface area contributed by atoms with Gasteiger partial charge in [-0.3, -0.25) is 0 Å². The van der Waals surface area contributed by atoms with Crippen LogP contribution in [0.2, 0.25) is 0 Å². The van der Waals surface area contributed by atoms with Crippen molar-refractivity contribution in [2.24, 2.45) is 5.92 Å². The van der Waals surface area contributed by atoms with Gasteiger partial charge in [-0.25, -0.2) is 0 Å². The largest absolute Gasteiger partial charge is 0.318 e. The first kappa shape index (κ1) is 15.4. The minimum absolute atomic E-state index is 0.751. The van der Waals surface area contributed by atoms with E-state index in [4.69, 9.17) is 12.8 Å². The summed E-state index contributed by atoms with van der Waals surface area (Å²) in [6, 6.07) is 6.45. The van der Waals surface area contributed by atoms with E-state index in [0.717, 1.165) is 12.5 Å². The third-order valence-electron chi connectivity index (χ3n) is 3.67. The lowest BCUT2D eigenvalue weighted by Crippen LogP contribution is -2.22. The molecule has 0 aliphatic carbocycles. The van der Waals surface area contributed by atoms with Gasteiger partial charge in [0.15, 0.2) is 0 Å². The molecule has 0 spiro atoms. The Balaban J connectivity index is 2.71. The van der Waals surface area contributed by atoms with Crippen LogP contribution in [0.25, 0.3) is 0 Å². The van der Waals surface area contributed by atoms with Gasteiger partial charge >= 0.3 is 0 Å². The van der Waals surface area contributed by atoms with Crippen molar-refractivity contribution in [2.75, 3.05) is 10.8 Å². The number of anilines is 1. The van der Waals surface area contributed by atoms with Crippen LogP contribution in [-0.4, -0.2) is 6.54 Å². The van der Waals surface area contributed by atoms with Crippen molar-refractivity contribution in [2.45, 2.75) is 53.4 Å². The quantitative estimate of drug-likeness (QED) is 0.666. The average Bonchev–Trinajstić information content (AvgIpc) is 2.34. The van der Waals surface area contributed by atoms with Crippen LogP contribution in [0.5, 0.6) is 0 Å². The van der Waals surface area contributed by atoms with Gasteiger partial charge in [0.05, 0.1) is 5.69 Å². The van der Waals surface area contributed by atoms with E-state index in [1.165, 1.54) is 42.5 Å². The van der Waals surface area contributed by atoms with E-state index in [1.54, 1.807) is 0 Å². The fourth-order valence-corrected chi connectivity index (χ4v) is 3.01.